The van der Waals surface area contributed by atoms with Crippen molar-refractivity contribution in [2.75, 3.05) is 12.4 Å². The largest absolute Gasteiger partial charge is 0.469 e. The minimum absolute atomic E-state index is 0.0772. The van der Waals surface area contributed by atoms with Crippen molar-refractivity contribution in [2.45, 2.75) is 26.8 Å². The van der Waals surface area contributed by atoms with Gasteiger partial charge < -0.3 is 10.1 Å². The number of aryl methyl sites for hydroxylation is 1. The highest BCUT2D eigenvalue weighted by Crippen LogP contribution is 2.19. The summed E-state index contributed by atoms with van der Waals surface area (Å²) in [6.45, 7) is 5.51. The van der Waals surface area contributed by atoms with Crippen LogP contribution in [0.5, 0.6) is 0 Å². The van der Waals surface area contributed by atoms with E-state index in [2.05, 4.69) is 10.1 Å². The number of anilines is 1. The van der Waals surface area contributed by atoms with Crippen molar-refractivity contribution in [1.29, 1.82) is 0 Å². The highest BCUT2D eigenvalue weighted by Gasteiger charge is 2.20. The average Bonchev–Trinajstić information content (AvgIpc) is 2.30. The van der Waals surface area contributed by atoms with Gasteiger partial charge in [-0.15, -0.1) is 0 Å². The molecule has 1 aromatic carbocycles. The lowest BCUT2D eigenvalue weighted by Crippen LogP contribution is -2.30. The van der Waals surface area contributed by atoms with E-state index >= 15 is 0 Å². The molecule has 2 atom stereocenters. The predicted molar refractivity (Wildman–Crippen MR) is 65.4 cm³/mol. The van der Waals surface area contributed by atoms with Gasteiger partial charge in [-0.2, -0.15) is 0 Å². The highest BCUT2D eigenvalue weighted by atomic mass is 19.1. The molecule has 0 aromatic heterocycles. The van der Waals surface area contributed by atoms with E-state index in [1.807, 2.05) is 13.8 Å². The Morgan fingerprint density at radius 2 is 2.06 bits per heavy atom. The molecule has 0 aliphatic carbocycles. The van der Waals surface area contributed by atoms with Gasteiger partial charge in [0.1, 0.15) is 5.82 Å². The van der Waals surface area contributed by atoms with E-state index in [9.17, 15) is 9.18 Å². The lowest BCUT2D eigenvalue weighted by molar-refractivity contribution is -0.145. The van der Waals surface area contributed by atoms with Crippen molar-refractivity contribution in [2.24, 2.45) is 5.92 Å². The molecule has 1 rings (SSSR count). The Morgan fingerprint density at radius 1 is 1.41 bits per heavy atom. The number of nitrogens with one attached hydrogen (secondary N) is 1. The number of rotatable bonds is 4. The molecule has 0 saturated carbocycles. The van der Waals surface area contributed by atoms with Gasteiger partial charge in [0.25, 0.3) is 0 Å². The van der Waals surface area contributed by atoms with Crippen molar-refractivity contribution in [3.8, 4) is 0 Å². The number of carbonyl (C=O) groups excluding carboxylic acids is 1. The molecule has 0 fully saturated rings. The maximum atomic E-state index is 12.9. The Kier molecular flexibility index (Phi) is 4.49. The van der Waals surface area contributed by atoms with Crippen LogP contribution >= 0.6 is 0 Å². The van der Waals surface area contributed by atoms with Crippen LogP contribution in [0.4, 0.5) is 10.1 Å². The zero-order chi connectivity index (χ0) is 13.0. The van der Waals surface area contributed by atoms with Crippen molar-refractivity contribution in [3.05, 3.63) is 29.6 Å². The predicted octanol–water partition coefficient (Wildman–Crippen LogP) is 2.74. The van der Waals surface area contributed by atoms with Gasteiger partial charge in [0, 0.05) is 11.7 Å². The Bertz CT molecular complexity index is 406. The quantitative estimate of drug-likeness (QED) is 0.821. The molecule has 2 unspecified atom stereocenters. The molecule has 0 heterocycles. The van der Waals surface area contributed by atoms with E-state index in [1.54, 1.807) is 13.0 Å². The SMILES string of the molecule is COC(=O)C(C)C(C)Nc1ccc(F)cc1C. The fraction of sp³-hybridized carbons (Fsp3) is 0.462. The number of halogens is 1. The molecule has 0 radical (unpaired) electrons. The summed E-state index contributed by atoms with van der Waals surface area (Å²) >= 11 is 0. The smallest absolute Gasteiger partial charge is 0.310 e. The molecule has 1 aromatic rings. The lowest BCUT2D eigenvalue weighted by Gasteiger charge is -2.21. The molecule has 3 nitrogen and oxygen atoms in total. The number of hydrogen-bond acceptors (Lipinski definition) is 3. The van der Waals surface area contributed by atoms with Gasteiger partial charge in [0.2, 0.25) is 0 Å². The minimum atomic E-state index is -0.262. The molecule has 0 aliphatic heterocycles. The van der Waals surface area contributed by atoms with Crippen molar-refractivity contribution >= 4 is 11.7 Å². The van der Waals surface area contributed by atoms with Gasteiger partial charge in [-0.05, 0) is 44.5 Å². The van der Waals surface area contributed by atoms with Crippen LogP contribution in [-0.2, 0) is 9.53 Å². The van der Waals surface area contributed by atoms with Gasteiger partial charge in [-0.25, -0.2) is 4.39 Å². The maximum absolute atomic E-state index is 12.9. The number of esters is 1. The first-order chi connectivity index (χ1) is 7.95. The van der Waals surface area contributed by atoms with Crippen LogP contribution in [0.1, 0.15) is 19.4 Å². The van der Waals surface area contributed by atoms with Gasteiger partial charge >= 0.3 is 5.97 Å². The fourth-order valence-electron chi connectivity index (χ4n) is 1.55. The zero-order valence-corrected chi connectivity index (χ0v) is 10.6. The third-order valence-electron chi connectivity index (χ3n) is 2.89. The van der Waals surface area contributed by atoms with E-state index < -0.39 is 0 Å². The van der Waals surface area contributed by atoms with Crippen molar-refractivity contribution < 1.29 is 13.9 Å². The first-order valence-corrected chi connectivity index (χ1v) is 5.56. The highest BCUT2D eigenvalue weighted by molar-refractivity contribution is 5.73. The maximum Gasteiger partial charge on any atom is 0.310 e. The second kappa shape index (κ2) is 5.66. The molecule has 4 heteroatoms. The van der Waals surface area contributed by atoms with Crippen LogP contribution in [0, 0.1) is 18.7 Å². The average molecular weight is 239 g/mol. The summed E-state index contributed by atoms with van der Waals surface area (Å²) in [4.78, 5) is 11.4. The molecule has 0 aliphatic rings. The lowest BCUT2D eigenvalue weighted by atomic mass is 10.0. The van der Waals surface area contributed by atoms with E-state index in [0.29, 0.717) is 0 Å². The monoisotopic (exact) mass is 239 g/mol. The van der Waals surface area contributed by atoms with Crippen molar-refractivity contribution in [1.82, 2.24) is 0 Å². The fourth-order valence-corrected chi connectivity index (χ4v) is 1.55. The molecule has 0 saturated heterocycles. The molecular weight excluding hydrogens is 221 g/mol. The molecule has 1 N–H and O–H groups in total. The molecule has 94 valence electrons. The van der Waals surface area contributed by atoms with E-state index in [4.69, 9.17) is 0 Å². The van der Waals surface area contributed by atoms with E-state index in [1.165, 1.54) is 19.2 Å². The van der Waals surface area contributed by atoms with Gasteiger partial charge in [0.05, 0.1) is 13.0 Å². The number of carbonyl (C=O) groups is 1. The normalized spacial score (nSPS) is 13.9. The number of methoxy groups -OCH3 is 1. The van der Waals surface area contributed by atoms with E-state index in [0.717, 1.165) is 11.3 Å². The second-order valence-electron chi connectivity index (χ2n) is 4.20. The summed E-state index contributed by atoms with van der Waals surface area (Å²) in [7, 11) is 1.37. The van der Waals surface area contributed by atoms with Crippen LogP contribution in [0.15, 0.2) is 18.2 Å². The number of hydrogen-bond donors (Lipinski definition) is 1. The Morgan fingerprint density at radius 3 is 2.59 bits per heavy atom. The molecule has 0 amide bonds. The van der Waals surface area contributed by atoms with Crippen molar-refractivity contribution in [3.63, 3.8) is 0 Å². The molecule has 0 bridgehead atoms. The van der Waals surface area contributed by atoms with Crippen LogP contribution in [0.25, 0.3) is 0 Å². The summed E-state index contributed by atoms with van der Waals surface area (Å²) < 4.78 is 17.6. The second-order valence-corrected chi connectivity index (χ2v) is 4.20. The molecule has 0 spiro atoms. The Hall–Kier alpha value is -1.58. The Labute approximate surface area is 101 Å². The van der Waals surface area contributed by atoms with E-state index in [-0.39, 0.29) is 23.7 Å². The van der Waals surface area contributed by atoms with Crippen LogP contribution in [-0.4, -0.2) is 19.1 Å². The number of ether oxygens (including phenoxy) is 1. The third kappa shape index (κ3) is 3.44. The summed E-state index contributed by atoms with van der Waals surface area (Å²) in [6, 6.07) is 4.44. The third-order valence-corrected chi connectivity index (χ3v) is 2.89. The summed E-state index contributed by atoms with van der Waals surface area (Å²) in [5.74, 6) is -0.782. The summed E-state index contributed by atoms with van der Waals surface area (Å²) in [5, 5.41) is 3.18. The zero-order valence-electron chi connectivity index (χ0n) is 10.6. The first-order valence-electron chi connectivity index (χ1n) is 5.56. The van der Waals surface area contributed by atoms with Gasteiger partial charge in [0.15, 0.2) is 0 Å². The van der Waals surface area contributed by atoms with Crippen LogP contribution in [0.3, 0.4) is 0 Å². The Balaban J connectivity index is 2.74. The topological polar surface area (TPSA) is 38.3 Å². The minimum Gasteiger partial charge on any atom is -0.469 e. The van der Waals surface area contributed by atoms with Gasteiger partial charge in [-0.3, -0.25) is 4.79 Å². The van der Waals surface area contributed by atoms with Crippen LogP contribution in [0.2, 0.25) is 0 Å². The van der Waals surface area contributed by atoms with Gasteiger partial charge in [-0.1, -0.05) is 0 Å². The molecular formula is C13H18FNO2. The first kappa shape index (κ1) is 13.5. The molecule has 17 heavy (non-hydrogen) atoms. The summed E-state index contributed by atoms with van der Waals surface area (Å²) in [5.41, 5.74) is 1.64. The van der Waals surface area contributed by atoms with Crippen LogP contribution < -0.4 is 5.32 Å². The standard InChI is InChI=1S/C13H18FNO2/c1-8-7-11(14)5-6-12(8)15-10(3)9(2)13(16)17-4/h5-7,9-10,15H,1-4H3. The summed E-state index contributed by atoms with van der Waals surface area (Å²) in [6.07, 6.45) is 0. The number of benzene rings is 1.